The first kappa shape index (κ1) is 15.0. The first-order chi connectivity index (χ1) is 9.81. The maximum atomic E-state index is 12.2. The molecule has 110 valence electrons. The highest BCUT2D eigenvalue weighted by atomic mass is 35.5. The van der Waals surface area contributed by atoms with Crippen LogP contribution in [0.25, 0.3) is 0 Å². The monoisotopic (exact) mass is 328 g/mol. The number of hydrogen-bond donors (Lipinski definition) is 2. The second-order valence-corrected chi connectivity index (χ2v) is 6.00. The molecule has 0 unspecified atom stereocenters. The van der Waals surface area contributed by atoms with Crippen molar-refractivity contribution >= 4 is 38.7 Å². The molecule has 8 nitrogen and oxygen atoms in total. The van der Waals surface area contributed by atoms with Crippen LogP contribution >= 0.6 is 11.6 Å². The fraction of sp³-hybridized carbons (Fsp3) is 0. The molecule has 0 aliphatic heterocycles. The Kier molecular flexibility index (Phi) is 3.96. The zero-order valence-electron chi connectivity index (χ0n) is 10.4. The summed E-state index contributed by atoms with van der Waals surface area (Å²) in [5.74, 6) is 0. The smallest absolute Gasteiger partial charge is 0.271 e. The van der Waals surface area contributed by atoms with Crippen molar-refractivity contribution in [2.45, 2.75) is 4.90 Å². The molecule has 1 aromatic carbocycles. The minimum atomic E-state index is -4.05. The fourth-order valence-corrected chi connectivity index (χ4v) is 2.89. The molecule has 2 rings (SSSR count). The average molecular weight is 329 g/mol. The summed E-state index contributed by atoms with van der Waals surface area (Å²) in [7, 11) is -4.05. The van der Waals surface area contributed by atoms with Crippen LogP contribution in [0.2, 0.25) is 5.02 Å². The molecule has 10 heteroatoms. The van der Waals surface area contributed by atoms with E-state index in [1.54, 1.807) is 0 Å². The van der Waals surface area contributed by atoms with Gasteiger partial charge in [0.15, 0.2) is 0 Å². The Hall–Kier alpha value is -2.39. The van der Waals surface area contributed by atoms with Crippen molar-refractivity contribution in [3.63, 3.8) is 0 Å². The van der Waals surface area contributed by atoms with Gasteiger partial charge in [0.05, 0.1) is 21.3 Å². The minimum absolute atomic E-state index is 0.000877. The molecule has 0 radical (unpaired) electrons. The Morgan fingerprint density at radius 1 is 1.33 bits per heavy atom. The summed E-state index contributed by atoms with van der Waals surface area (Å²) in [4.78, 5) is 13.5. The number of halogens is 1. The number of non-ortho nitro benzene ring substituents is 1. The lowest BCUT2D eigenvalue weighted by Crippen LogP contribution is -2.15. The number of benzene rings is 1. The van der Waals surface area contributed by atoms with E-state index >= 15 is 0 Å². The summed E-state index contributed by atoms with van der Waals surface area (Å²) in [6.07, 6.45) is 2.41. The molecule has 0 aliphatic carbocycles. The van der Waals surface area contributed by atoms with Crippen LogP contribution < -0.4 is 10.5 Å². The Bertz CT molecular complexity index is 810. The predicted octanol–water partition coefficient (Wildman–Crippen LogP) is 2.03. The number of anilines is 2. The van der Waals surface area contributed by atoms with Crippen molar-refractivity contribution < 1.29 is 13.3 Å². The molecule has 1 aromatic heterocycles. The van der Waals surface area contributed by atoms with E-state index in [2.05, 4.69) is 9.71 Å². The van der Waals surface area contributed by atoms with Gasteiger partial charge in [0.25, 0.3) is 15.7 Å². The van der Waals surface area contributed by atoms with E-state index in [0.717, 1.165) is 12.3 Å². The zero-order valence-corrected chi connectivity index (χ0v) is 11.9. The fourth-order valence-electron chi connectivity index (χ4n) is 1.52. The Morgan fingerprint density at radius 3 is 2.67 bits per heavy atom. The lowest BCUT2D eigenvalue weighted by atomic mass is 10.3. The summed E-state index contributed by atoms with van der Waals surface area (Å²) in [6.45, 7) is 0. The predicted molar refractivity (Wildman–Crippen MR) is 77.6 cm³/mol. The molecule has 2 aromatic rings. The van der Waals surface area contributed by atoms with E-state index < -0.39 is 14.9 Å². The van der Waals surface area contributed by atoms with E-state index in [9.17, 15) is 18.5 Å². The number of nitro groups is 1. The molecule has 21 heavy (non-hydrogen) atoms. The third-order valence-corrected chi connectivity index (χ3v) is 4.25. The lowest BCUT2D eigenvalue weighted by molar-refractivity contribution is -0.384. The van der Waals surface area contributed by atoms with Crippen molar-refractivity contribution in [3.05, 3.63) is 51.8 Å². The third-order valence-electron chi connectivity index (χ3n) is 2.51. The van der Waals surface area contributed by atoms with Crippen LogP contribution in [-0.4, -0.2) is 18.3 Å². The van der Waals surface area contributed by atoms with E-state index in [1.807, 2.05) is 0 Å². The van der Waals surface area contributed by atoms with Gasteiger partial charge in [0, 0.05) is 24.5 Å². The van der Waals surface area contributed by atoms with Crippen molar-refractivity contribution in [1.29, 1.82) is 0 Å². The van der Waals surface area contributed by atoms with Gasteiger partial charge < -0.3 is 5.73 Å². The van der Waals surface area contributed by atoms with Crippen LogP contribution in [0.15, 0.2) is 41.6 Å². The number of nitrogen functional groups attached to an aromatic ring is 1. The summed E-state index contributed by atoms with van der Waals surface area (Å²) < 4.78 is 26.5. The SMILES string of the molecule is Nc1ccncc1S(=O)(=O)Nc1cc([N+](=O)[O-])ccc1Cl. The Labute approximate surface area is 124 Å². The Morgan fingerprint density at radius 2 is 2.05 bits per heavy atom. The molecule has 0 fully saturated rings. The van der Waals surface area contributed by atoms with E-state index in [0.29, 0.717) is 0 Å². The van der Waals surface area contributed by atoms with Gasteiger partial charge in [0.1, 0.15) is 4.90 Å². The highest BCUT2D eigenvalue weighted by Crippen LogP contribution is 2.29. The molecule has 0 saturated carbocycles. The van der Waals surface area contributed by atoms with Gasteiger partial charge in [0.2, 0.25) is 0 Å². The number of aromatic nitrogens is 1. The number of hydrogen-bond acceptors (Lipinski definition) is 6. The number of nitrogens with one attached hydrogen (secondary N) is 1. The number of rotatable bonds is 4. The number of nitrogens with two attached hydrogens (primary N) is 1. The molecule has 0 saturated heterocycles. The van der Waals surface area contributed by atoms with E-state index in [-0.39, 0.29) is 27.0 Å². The molecule has 0 spiro atoms. The van der Waals surface area contributed by atoms with Crippen LogP contribution in [0.4, 0.5) is 17.1 Å². The minimum Gasteiger partial charge on any atom is -0.398 e. The van der Waals surface area contributed by atoms with Gasteiger partial charge in [-0.3, -0.25) is 19.8 Å². The largest absolute Gasteiger partial charge is 0.398 e. The molecule has 0 amide bonds. The highest BCUT2D eigenvalue weighted by Gasteiger charge is 2.20. The zero-order chi connectivity index (χ0) is 15.6. The third kappa shape index (κ3) is 3.20. The number of sulfonamides is 1. The van der Waals surface area contributed by atoms with Gasteiger partial charge in [-0.1, -0.05) is 11.6 Å². The van der Waals surface area contributed by atoms with Gasteiger partial charge in [-0.05, 0) is 12.1 Å². The molecule has 1 heterocycles. The number of nitrogens with zero attached hydrogens (tertiary/aromatic N) is 2. The second kappa shape index (κ2) is 5.54. The van der Waals surface area contributed by atoms with Crippen molar-refractivity contribution in [2.24, 2.45) is 0 Å². The van der Waals surface area contributed by atoms with Crippen LogP contribution in [-0.2, 0) is 10.0 Å². The summed E-state index contributed by atoms with van der Waals surface area (Å²) >= 11 is 5.84. The Balaban J connectivity index is 2.44. The molecule has 0 atom stereocenters. The summed E-state index contributed by atoms with van der Waals surface area (Å²) in [5.41, 5.74) is 5.16. The van der Waals surface area contributed by atoms with Crippen LogP contribution in [0, 0.1) is 10.1 Å². The second-order valence-electron chi connectivity index (χ2n) is 3.94. The first-order valence-corrected chi connectivity index (χ1v) is 7.33. The molecule has 0 bridgehead atoms. The maximum Gasteiger partial charge on any atom is 0.271 e. The lowest BCUT2D eigenvalue weighted by Gasteiger charge is -2.10. The van der Waals surface area contributed by atoms with Crippen molar-refractivity contribution in [1.82, 2.24) is 4.98 Å². The maximum absolute atomic E-state index is 12.2. The summed E-state index contributed by atoms with van der Waals surface area (Å²) in [6, 6.07) is 4.73. The van der Waals surface area contributed by atoms with Gasteiger partial charge in [-0.2, -0.15) is 0 Å². The molecule has 0 aliphatic rings. The van der Waals surface area contributed by atoms with Gasteiger partial charge in [-0.15, -0.1) is 0 Å². The van der Waals surface area contributed by atoms with Gasteiger partial charge >= 0.3 is 0 Å². The first-order valence-electron chi connectivity index (χ1n) is 5.47. The topological polar surface area (TPSA) is 128 Å². The van der Waals surface area contributed by atoms with E-state index in [1.165, 1.54) is 24.4 Å². The van der Waals surface area contributed by atoms with E-state index in [4.69, 9.17) is 17.3 Å². The molecular formula is C11H9ClN4O4S. The quantitative estimate of drug-likeness (QED) is 0.652. The molecular weight excluding hydrogens is 320 g/mol. The van der Waals surface area contributed by atoms with Crippen molar-refractivity contribution in [2.75, 3.05) is 10.5 Å². The van der Waals surface area contributed by atoms with Crippen molar-refractivity contribution in [3.8, 4) is 0 Å². The number of pyridine rings is 1. The highest BCUT2D eigenvalue weighted by molar-refractivity contribution is 7.92. The standard InChI is InChI=1S/C11H9ClN4O4S/c12-8-2-1-7(16(17)18)5-10(8)15-21(19,20)11-6-14-4-3-9(11)13/h1-6,15H,(H2,13,14). The number of nitro benzene ring substituents is 1. The van der Waals surface area contributed by atoms with Crippen LogP contribution in [0.3, 0.4) is 0 Å². The molecule has 3 N–H and O–H groups in total. The average Bonchev–Trinajstić information content (AvgIpc) is 2.41. The normalized spacial score (nSPS) is 11.1. The van der Waals surface area contributed by atoms with Crippen LogP contribution in [0.5, 0.6) is 0 Å². The summed E-state index contributed by atoms with van der Waals surface area (Å²) in [5, 5.41) is 10.7. The van der Waals surface area contributed by atoms with Gasteiger partial charge in [-0.25, -0.2) is 8.42 Å². The van der Waals surface area contributed by atoms with Crippen LogP contribution in [0.1, 0.15) is 0 Å².